The maximum absolute atomic E-state index is 12.3. The van der Waals surface area contributed by atoms with Gasteiger partial charge in [-0.1, -0.05) is 5.16 Å². The number of nitrogens with zero attached hydrogens (tertiary/aromatic N) is 3. The predicted molar refractivity (Wildman–Crippen MR) is 82.2 cm³/mol. The van der Waals surface area contributed by atoms with Gasteiger partial charge in [-0.2, -0.15) is 4.98 Å². The molecule has 0 spiro atoms. The number of nitrogens with two attached hydrogens (primary N) is 1. The number of carbonyl (C=O) groups is 2. The Morgan fingerprint density at radius 2 is 2.33 bits per heavy atom. The van der Waals surface area contributed by atoms with Gasteiger partial charge in [-0.3, -0.25) is 14.5 Å². The van der Waals surface area contributed by atoms with E-state index in [9.17, 15) is 9.59 Å². The lowest BCUT2D eigenvalue weighted by Gasteiger charge is -2.30. The number of hydrogen-bond acceptors (Lipinski definition) is 7. The second-order valence-corrected chi connectivity index (χ2v) is 5.75. The van der Waals surface area contributed by atoms with E-state index in [1.54, 1.807) is 12.1 Å². The Bertz CT molecular complexity index is 697. The molecule has 128 valence electrons. The Labute approximate surface area is 138 Å². The van der Waals surface area contributed by atoms with Crippen LogP contribution >= 0.6 is 0 Å². The summed E-state index contributed by atoms with van der Waals surface area (Å²) in [5.74, 6) is 0.486. The van der Waals surface area contributed by atoms with Crippen LogP contribution in [0.4, 0.5) is 0 Å². The van der Waals surface area contributed by atoms with Crippen molar-refractivity contribution < 1.29 is 18.5 Å². The molecule has 0 aromatic carbocycles. The van der Waals surface area contributed by atoms with Gasteiger partial charge in [-0.25, -0.2) is 0 Å². The van der Waals surface area contributed by atoms with E-state index >= 15 is 0 Å². The first-order valence-corrected chi connectivity index (χ1v) is 7.76. The fourth-order valence-corrected chi connectivity index (χ4v) is 2.77. The number of carbonyl (C=O) groups excluding carboxylic acids is 2. The van der Waals surface area contributed by atoms with Crippen molar-refractivity contribution in [2.45, 2.75) is 19.4 Å². The topological polar surface area (TPSA) is 127 Å². The van der Waals surface area contributed by atoms with Crippen molar-refractivity contribution >= 4 is 11.8 Å². The predicted octanol–water partition coefficient (Wildman–Crippen LogP) is 0.143. The molecule has 0 saturated carbocycles. The minimum absolute atomic E-state index is 0.0893. The smallest absolute Gasteiger partial charge is 0.293 e. The summed E-state index contributed by atoms with van der Waals surface area (Å²) >= 11 is 0. The molecule has 1 aliphatic rings. The minimum atomic E-state index is -0.381. The van der Waals surface area contributed by atoms with Crippen LogP contribution < -0.4 is 11.1 Å². The molecule has 1 atom stereocenters. The van der Waals surface area contributed by atoms with Crippen molar-refractivity contribution in [3.8, 4) is 11.7 Å². The van der Waals surface area contributed by atoms with Crippen molar-refractivity contribution in [2.75, 3.05) is 19.6 Å². The van der Waals surface area contributed by atoms with E-state index in [1.165, 1.54) is 6.26 Å². The molecule has 2 aromatic heterocycles. The minimum Gasteiger partial charge on any atom is -0.459 e. The van der Waals surface area contributed by atoms with Gasteiger partial charge in [0, 0.05) is 6.54 Å². The molecule has 1 saturated heterocycles. The molecule has 2 amide bonds. The number of piperidine rings is 1. The maximum Gasteiger partial charge on any atom is 0.293 e. The second kappa shape index (κ2) is 7.26. The zero-order valence-electron chi connectivity index (χ0n) is 13.1. The number of aromatic nitrogens is 2. The van der Waals surface area contributed by atoms with Crippen LogP contribution in [0, 0.1) is 5.92 Å². The molecule has 3 rings (SSSR count). The molecular weight excluding hydrogens is 314 g/mol. The van der Waals surface area contributed by atoms with E-state index in [0.29, 0.717) is 18.1 Å². The lowest BCUT2D eigenvalue weighted by atomic mass is 9.97. The third kappa shape index (κ3) is 3.99. The first-order valence-electron chi connectivity index (χ1n) is 7.76. The lowest BCUT2D eigenvalue weighted by Crippen LogP contribution is -2.45. The van der Waals surface area contributed by atoms with Crippen molar-refractivity contribution in [1.82, 2.24) is 20.4 Å². The summed E-state index contributed by atoms with van der Waals surface area (Å²) < 4.78 is 10.3. The van der Waals surface area contributed by atoms with Crippen LogP contribution in [0.3, 0.4) is 0 Å². The van der Waals surface area contributed by atoms with Gasteiger partial charge in [0.2, 0.25) is 11.8 Å². The van der Waals surface area contributed by atoms with E-state index in [1.807, 2.05) is 4.90 Å². The third-order valence-corrected chi connectivity index (χ3v) is 3.88. The zero-order valence-corrected chi connectivity index (χ0v) is 13.1. The SMILES string of the molecule is NC(=O)CN1CCC[C@H](C(=O)NCc2noc(-c3ccco3)n2)C1. The normalized spacial score (nSPS) is 18.4. The zero-order chi connectivity index (χ0) is 16.9. The molecule has 9 heteroatoms. The van der Waals surface area contributed by atoms with Gasteiger partial charge in [0.15, 0.2) is 11.6 Å². The van der Waals surface area contributed by atoms with Crippen LogP contribution in [0.15, 0.2) is 27.3 Å². The van der Waals surface area contributed by atoms with Crippen LogP contribution in [0.25, 0.3) is 11.7 Å². The Balaban J connectivity index is 1.51. The van der Waals surface area contributed by atoms with Crippen LogP contribution in [0.1, 0.15) is 18.7 Å². The maximum atomic E-state index is 12.3. The van der Waals surface area contributed by atoms with Gasteiger partial charge in [0.1, 0.15) is 0 Å². The fourth-order valence-electron chi connectivity index (χ4n) is 2.77. The van der Waals surface area contributed by atoms with Crippen LogP contribution in [0.5, 0.6) is 0 Å². The summed E-state index contributed by atoms with van der Waals surface area (Å²) in [5.41, 5.74) is 5.21. The van der Waals surface area contributed by atoms with E-state index in [0.717, 1.165) is 19.4 Å². The molecule has 0 bridgehead atoms. The quantitative estimate of drug-likeness (QED) is 0.769. The highest BCUT2D eigenvalue weighted by atomic mass is 16.5. The first-order chi connectivity index (χ1) is 11.6. The molecule has 1 fully saturated rings. The van der Waals surface area contributed by atoms with Crippen molar-refractivity contribution in [1.29, 1.82) is 0 Å². The monoisotopic (exact) mass is 333 g/mol. The van der Waals surface area contributed by atoms with Gasteiger partial charge in [-0.05, 0) is 31.5 Å². The molecule has 2 aromatic rings. The van der Waals surface area contributed by atoms with Gasteiger partial charge in [0.05, 0.1) is 25.3 Å². The Kier molecular flexibility index (Phi) is 4.90. The Morgan fingerprint density at radius 1 is 1.46 bits per heavy atom. The average Bonchev–Trinajstić information content (AvgIpc) is 3.23. The third-order valence-electron chi connectivity index (χ3n) is 3.88. The molecule has 3 N–H and O–H groups in total. The number of likely N-dealkylation sites (tertiary alicyclic amines) is 1. The van der Waals surface area contributed by atoms with Crippen LogP contribution in [0.2, 0.25) is 0 Å². The van der Waals surface area contributed by atoms with Gasteiger partial charge >= 0.3 is 0 Å². The first kappa shape index (κ1) is 16.2. The lowest BCUT2D eigenvalue weighted by molar-refractivity contribution is -0.128. The highest BCUT2D eigenvalue weighted by Gasteiger charge is 2.26. The molecule has 9 nitrogen and oxygen atoms in total. The molecule has 0 aliphatic carbocycles. The standard InChI is InChI=1S/C15H19N5O4/c16-12(21)9-20-5-1-3-10(8-20)14(22)17-7-13-18-15(24-19-13)11-4-2-6-23-11/h2,4,6,10H,1,3,5,7-9H2,(H2,16,21)(H,17,22)/t10-/m0/s1. The number of hydrogen-bond donors (Lipinski definition) is 2. The average molecular weight is 333 g/mol. The summed E-state index contributed by atoms with van der Waals surface area (Å²) in [5, 5.41) is 6.61. The van der Waals surface area contributed by atoms with Crippen molar-refractivity contribution in [2.24, 2.45) is 11.7 Å². The summed E-state index contributed by atoms with van der Waals surface area (Å²) in [7, 11) is 0. The molecule has 24 heavy (non-hydrogen) atoms. The molecule has 0 unspecified atom stereocenters. The van der Waals surface area contributed by atoms with Gasteiger partial charge < -0.3 is 20.0 Å². The summed E-state index contributed by atoms with van der Waals surface area (Å²) in [4.78, 5) is 29.3. The molecule has 0 radical (unpaired) electrons. The van der Waals surface area contributed by atoms with Gasteiger partial charge in [-0.15, -0.1) is 0 Å². The summed E-state index contributed by atoms with van der Waals surface area (Å²) in [6, 6.07) is 3.44. The van der Waals surface area contributed by atoms with E-state index < -0.39 is 0 Å². The second-order valence-electron chi connectivity index (χ2n) is 5.75. The van der Waals surface area contributed by atoms with E-state index in [4.69, 9.17) is 14.7 Å². The van der Waals surface area contributed by atoms with Gasteiger partial charge in [0.25, 0.3) is 5.89 Å². The van der Waals surface area contributed by atoms with Crippen LogP contribution in [-0.2, 0) is 16.1 Å². The van der Waals surface area contributed by atoms with Crippen molar-refractivity contribution in [3.63, 3.8) is 0 Å². The number of furan rings is 1. The molecular formula is C15H19N5O4. The van der Waals surface area contributed by atoms with E-state index in [2.05, 4.69) is 15.5 Å². The number of primary amides is 1. The highest BCUT2D eigenvalue weighted by molar-refractivity contribution is 5.79. The largest absolute Gasteiger partial charge is 0.459 e. The van der Waals surface area contributed by atoms with E-state index in [-0.39, 0.29) is 36.7 Å². The molecule has 1 aliphatic heterocycles. The highest BCUT2D eigenvalue weighted by Crippen LogP contribution is 2.18. The number of nitrogens with one attached hydrogen (secondary N) is 1. The van der Waals surface area contributed by atoms with Crippen LogP contribution in [-0.4, -0.2) is 46.5 Å². The summed E-state index contributed by atoms with van der Waals surface area (Å²) in [6.07, 6.45) is 3.16. The number of amides is 2. The molecule has 3 heterocycles. The Morgan fingerprint density at radius 3 is 3.08 bits per heavy atom. The Hall–Kier alpha value is -2.68. The summed E-state index contributed by atoms with van der Waals surface area (Å²) in [6.45, 7) is 1.67. The number of rotatable bonds is 6. The van der Waals surface area contributed by atoms with Crippen molar-refractivity contribution in [3.05, 3.63) is 24.2 Å². The fraction of sp³-hybridized carbons (Fsp3) is 0.467.